The zero-order valence-electron chi connectivity index (χ0n) is 25.2. The lowest BCUT2D eigenvalue weighted by Crippen LogP contribution is -2.49. The summed E-state index contributed by atoms with van der Waals surface area (Å²) < 4.78 is 42.0. The Balaban J connectivity index is 3.28. The number of aldehydes is 1. The highest BCUT2D eigenvalue weighted by atomic mass is 32.2. The molecule has 0 bridgehead atoms. The van der Waals surface area contributed by atoms with Gasteiger partial charge in [-0.2, -0.15) is 4.31 Å². The van der Waals surface area contributed by atoms with Gasteiger partial charge in [0.25, 0.3) is 0 Å². The first-order chi connectivity index (χ1) is 16.7. The maximum atomic E-state index is 13.9. The number of sulfonamides is 1. The lowest BCUT2D eigenvalue weighted by Gasteiger charge is -2.39. The molecule has 0 aliphatic carbocycles. The minimum Gasteiger partial charge on any atom is -0.415 e. The van der Waals surface area contributed by atoms with Crippen molar-refractivity contribution in [1.82, 2.24) is 4.31 Å². The molecule has 0 amide bonds. The molecule has 0 fully saturated rings. The highest BCUT2D eigenvalue weighted by Crippen LogP contribution is 2.38. The molecular formula is C28H51NO5SSi2. The van der Waals surface area contributed by atoms with Crippen LogP contribution >= 0.6 is 0 Å². The van der Waals surface area contributed by atoms with Gasteiger partial charge in [0.05, 0.1) is 24.2 Å². The van der Waals surface area contributed by atoms with Crippen molar-refractivity contribution in [3.8, 4) is 0 Å². The van der Waals surface area contributed by atoms with Crippen LogP contribution in [-0.2, 0) is 30.3 Å². The molecule has 9 heteroatoms. The number of hydrogen-bond acceptors (Lipinski definition) is 5. The minimum absolute atomic E-state index is 0.00604. The number of rotatable bonds is 13. The van der Waals surface area contributed by atoms with Crippen molar-refractivity contribution in [2.24, 2.45) is 0 Å². The molecule has 1 aromatic rings. The Bertz CT molecular complexity index is 1000. The summed E-state index contributed by atoms with van der Waals surface area (Å²) in [4.78, 5) is 11.2. The summed E-state index contributed by atoms with van der Waals surface area (Å²) in [6.07, 6.45) is 4.55. The minimum atomic E-state index is -3.83. The third kappa shape index (κ3) is 9.25. The Hall–Kier alpha value is -1.11. The Morgan fingerprint density at radius 1 is 0.892 bits per heavy atom. The van der Waals surface area contributed by atoms with Crippen LogP contribution in [0.2, 0.25) is 36.3 Å². The molecule has 37 heavy (non-hydrogen) atoms. The first-order valence-corrected chi connectivity index (χ1v) is 20.4. The van der Waals surface area contributed by atoms with E-state index in [-0.39, 0.29) is 34.0 Å². The van der Waals surface area contributed by atoms with Gasteiger partial charge in [0.1, 0.15) is 6.29 Å². The van der Waals surface area contributed by atoms with Gasteiger partial charge >= 0.3 is 0 Å². The van der Waals surface area contributed by atoms with E-state index in [1.165, 1.54) is 4.31 Å². The molecular weight excluding hydrogens is 519 g/mol. The second-order valence-corrected chi connectivity index (χ2v) is 24.6. The van der Waals surface area contributed by atoms with Crippen molar-refractivity contribution < 1.29 is 22.1 Å². The number of hydrogen-bond donors (Lipinski definition) is 0. The normalized spacial score (nSPS) is 15.1. The third-order valence-corrected chi connectivity index (χ3v) is 18.8. The van der Waals surface area contributed by atoms with E-state index in [4.69, 9.17) is 8.85 Å². The predicted molar refractivity (Wildman–Crippen MR) is 159 cm³/mol. The Morgan fingerprint density at radius 3 is 1.81 bits per heavy atom. The van der Waals surface area contributed by atoms with Gasteiger partial charge in [0.2, 0.25) is 10.0 Å². The highest BCUT2D eigenvalue weighted by Gasteiger charge is 2.40. The van der Waals surface area contributed by atoms with Crippen LogP contribution in [0.15, 0.2) is 41.3 Å². The molecule has 0 spiro atoms. The molecule has 0 saturated heterocycles. The van der Waals surface area contributed by atoms with Gasteiger partial charge in [0, 0.05) is 12.5 Å². The number of carbonyl (C=O) groups excluding carboxylic acids is 1. The maximum Gasteiger partial charge on any atom is 0.243 e. The van der Waals surface area contributed by atoms with Crippen molar-refractivity contribution in [3.05, 3.63) is 42.0 Å². The predicted octanol–water partition coefficient (Wildman–Crippen LogP) is 7.14. The van der Waals surface area contributed by atoms with Gasteiger partial charge in [-0.15, -0.1) is 0 Å². The summed E-state index contributed by atoms with van der Waals surface area (Å²) in [5.74, 6) is 0. The van der Waals surface area contributed by atoms with Crippen LogP contribution in [0.25, 0.3) is 0 Å². The van der Waals surface area contributed by atoms with Crippen molar-refractivity contribution in [3.63, 3.8) is 0 Å². The van der Waals surface area contributed by atoms with Crippen LogP contribution < -0.4 is 0 Å². The molecule has 212 valence electrons. The molecule has 0 saturated carbocycles. The van der Waals surface area contributed by atoms with Gasteiger partial charge in [-0.3, -0.25) is 0 Å². The lowest BCUT2D eigenvalue weighted by atomic mass is 10.2. The molecule has 0 N–H and O–H groups in total. The zero-order chi connectivity index (χ0) is 28.9. The van der Waals surface area contributed by atoms with Crippen molar-refractivity contribution >= 4 is 32.9 Å². The lowest BCUT2D eigenvalue weighted by molar-refractivity contribution is -0.107. The Morgan fingerprint density at radius 2 is 1.38 bits per heavy atom. The Kier molecular flexibility index (Phi) is 11.8. The molecule has 6 nitrogen and oxygen atoms in total. The van der Waals surface area contributed by atoms with Crippen LogP contribution in [0, 0.1) is 0 Å². The highest BCUT2D eigenvalue weighted by molar-refractivity contribution is 7.89. The van der Waals surface area contributed by atoms with Crippen LogP contribution in [0.5, 0.6) is 0 Å². The SMILES string of the molecule is CC(C)N([C@@H](C=CCC=O)CO[Si](C)(C)C(C)(C)C)S(=O)(=O)c1ccc(CO[Si](C)(C)C(C)(C)C)cc1. The average Bonchev–Trinajstić information content (AvgIpc) is 2.74. The Labute approximate surface area is 229 Å². The van der Waals surface area contributed by atoms with Crippen molar-refractivity contribution in [1.29, 1.82) is 0 Å². The molecule has 0 aliphatic heterocycles. The second kappa shape index (κ2) is 12.8. The summed E-state index contributed by atoms with van der Waals surface area (Å²) in [6.45, 7) is 26.2. The van der Waals surface area contributed by atoms with E-state index >= 15 is 0 Å². The van der Waals surface area contributed by atoms with E-state index in [1.54, 1.807) is 24.3 Å². The molecule has 0 unspecified atom stereocenters. The molecule has 0 radical (unpaired) electrons. The largest absolute Gasteiger partial charge is 0.415 e. The second-order valence-electron chi connectivity index (χ2n) is 13.1. The number of carbonyl (C=O) groups is 1. The average molecular weight is 570 g/mol. The first kappa shape index (κ1) is 33.9. The van der Waals surface area contributed by atoms with Gasteiger partial charge < -0.3 is 13.6 Å². The fourth-order valence-electron chi connectivity index (χ4n) is 3.21. The van der Waals surface area contributed by atoms with Gasteiger partial charge in [0.15, 0.2) is 16.6 Å². The van der Waals surface area contributed by atoms with Crippen molar-refractivity contribution in [2.45, 2.75) is 122 Å². The van der Waals surface area contributed by atoms with E-state index < -0.39 is 32.7 Å². The van der Waals surface area contributed by atoms with E-state index in [9.17, 15) is 13.2 Å². The van der Waals surface area contributed by atoms with E-state index in [0.29, 0.717) is 6.61 Å². The molecule has 1 aromatic carbocycles. The third-order valence-electron chi connectivity index (χ3n) is 7.75. The van der Waals surface area contributed by atoms with Crippen LogP contribution in [0.3, 0.4) is 0 Å². The van der Waals surface area contributed by atoms with Crippen molar-refractivity contribution in [2.75, 3.05) is 6.61 Å². The van der Waals surface area contributed by atoms with Crippen LogP contribution in [0.1, 0.15) is 67.4 Å². The fraction of sp³-hybridized carbons (Fsp3) is 0.679. The van der Waals surface area contributed by atoms with E-state index in [2.05, 4.69) is 67.7 Å². The quantitative estimate of drug-likeness (QED) is 0.143. The molecule has 1 rings (SSSR count). The summed E-state index contributed by atoms with van der Waals surface area (Å²) in [6, 6.07) is 6.16. The molecule has 0 aliphatic rings. The monoisotopic (exact) mass is 569 g/mol. The van der Waals surface area contributed by atoms with E-state index in [0.717, 1.165) is 11.8 Å². The molecule has 0 heterocycles. The van der Waals surface area contributed by atoms with Gasteiger partial charge in [-0.05, 0) is 67.8 Å². The van der Waals surface area contributed by atoms with E-state index in [1.807, 2.05) is 26.0 Å². The van der Waals surface area contributed by atoms with Crippen LogP contribution in [-0.4, -0.2) is 54.3 Å². The van der Waals surface area contributed by atoms with Crippen LogP contribution in [0.4, 0.5) is 0 Å². The number of nitrogens with zero attached hydrogens (tertiary/aromatic N) is 1. The smallest absolute Gasteiger partial charge is 0.243 e. The number of benzene rings is 1. The number of allylic oxidation sites excluding steroid dienone is 1. The zero-order valence-corrected chi connectivity index (χ0v) is 28.0. The summed E-state index contributed by atoms with van der Waals surface area (Å²) in [5.41, 5.74) is 0.948. The topological polar surface area (TPSA) is 72.9 Å². The standard InChI is InChI=1S/C28H51NO5SSi2/c1-23(2)29(25(15-13-14-20-30)22-34-37(11,12)28(6,7)8)35(31,32)26-18-16-24(17-19-26)21-33-36(9,10)27(3,4)5/h13,15-20,23,25H,14,21-22H2,1-12H3/t25-/m0/s1. The molecule has 0 aromatic heterocycles. The summed E-state index contributed by atoms with van der Waals surface area (Å²) in [5, 5.41) is 0.0980. The molecule has 1 atom stereocenters. The first-order valence-electron chi connectivity index (χ1n) is 13.2. The van der Waals surface area contributed by atoms with Gasteiger partial charge in [-0.1, -0.05) is 65.8 Å². The summed E-state index contributed by atoms with van der Waals surface area (Å²) in [7, 11) is -7.85. The fourth-order valence-corrected chi connectivity index (χ4v) is 6.96. The summed E-state index contributed by atoms with van der Waals surface area (Å²) >= 11 is 0. The van der Waals surface area contributed by atoms with Gasteiger partial charge in [-0.25, -0.2) is 8.42 Å². The maximum absolute atomic E-state index is 13.9.